The summed E-state index contributed by atoms with van der Waals surface area (Å²) in [4.78, 5) is 12.5. The molecule has 2 heterocycles. The van der Waals surface area contributed by atoms with Gasteiger partial charge in [-0.05, 0) is 51.8 Å². The number of hydrogen-bond donors (Lipinski definition) is 5. The van der Waals surface area contributed by atoms with E-state index < -0.39 is 54.4 Å². The molecule has 1 aromatic carbocycles. The topological polar surface area (TPSA) is 159 Å². The summed E-state index contributed by atoms with van der Waals surface area (Å²) in [5, 5.41) is 49.9. The van der Waals surface area contributed by atoms with Crippen molar-refractivity contribution >= 4 is 11.0 Å². The monoisotopic (exact) mass is 492 g/mol. The van der Waals surface area contributed by atoms with E-state index in [1.165, 1.54) is 23.3 Å². The van der Waals surface area contributed by atoms with E-state index >= 15 is 0 Å². The number of ether oxygens (including phenoxy) is 3. The van der Waals surface area contributed by atoms with Gasteiger partial charge in [0.25, 0.3) is 5.75 Å². The van der Waals surface area contributed by atoms with Gasteiger partial charge in [-0.25, -0.2) is 4.79 Å². The maximum Gasteiger partial charge on any atom is 0.383 e. The number of aliphatic hydroxyl groups excluding tert-OH is 4. The van der Waals surface area contributed by atoms with Gasteiger partial charge in [-0.2, -0.15) is 0 Å². The van der Waals surface area contributed by atoms with Gasteiger partial charge in [-0.3, -0.25) is 0 Å². The average molecular weight is 493 g/mol. The van der Waals surface area contributed by atoms with E-state index in [0.717, 1.165) is 12.8 Å². The highest BCUT2D eigenvalue weighted by atomic mass is 16.7. The highest BCUT2D eigenvalue weighted by Crippen LogP contribution is 2.35. The molecule has 10 nitrogen and oxygen atoms in total. The van der Waals surface area contributed by atoms with Gasteiger partial charge in [0.05, 0.1) is 12.0 Å². The highest BCUT2D eigenvalue weighted by molar-refractivity contribution is 5.86. The molecular weight excluding hydrogens is 460 g/mol. The molecule has 0 unspecified atom stereocenters. The number of fused-ring (bicyclic) bond motifs is 1. The molecule has 5 atom stereocenters. The van der Waals surface area contributed by atoms with Crippen molar-refractivity contribution in [3.05, 3.63) is 51.9 Å². The summed E-state index contributed by atoms with van der Waals surface area (Å²) in [6.07, 6.45) is -1.92. The predicted octanol–water partition coefficient (Wildman–Crippen LogP) is 1.75. The molecule has 3 rings (SSSR count). The Hall–Kier alpha value is -2.89. The maximum atomic E-state index is 12.5. The molecule has 1 fully saturated rings. The van der Waals surface area contributed by atoms with Crippen LogP contribution in [0.4, 0.5) is 0 Å². The lowest BCUT2D eigenvalue weighted by molar-refractivity contribution is -0.278. The number of aromatic hydroxyl groups is 1. The van der Waals surface area contributed by atoms with Crippen LogP contribution in [0.2, 0.25) is 0 Å². The molecule has 0 spiro atoms. The third kappa shape index (κ3) is 6.41. The molecular formula is C25H32O10. The third-order valence-electron chi connectivity index (χ3n) is 5.67. The molecule has 0 saturated carbocycles. The Morgan fingerprint density at radius 1 is 1.09 bits per heavy atom. The first kappa shape index (κ1) is 26.7. The van der Waals surface area contributed by atoms with Crippen LogP contribution in [0, 0.1) is 0 Å². The van der Waals surface area contributed by atoms with Crippen LogP contribution in [-0.2, 0) is 4.74 Å². The van der Waals surface area contributed by atoms with Crippen LogP contribution >= 0.6 is 0 Å². The predicted molar refractivity (Wildman–Crippen MR) is 126 cm³/mol. The van der Waals surface area contributed by atoms with Gasteiger partial charge in [-0.15, -0.1) is 0 Å². The van der Waals surface area contributed by atoms with Crippen molar-refractivity contribution in [3.8, 4) is 17.2 Å². The highest BCUT2D eigenvalue weighted by Gasteiger charge is 2.45. The summed E-state index contributed by atoms with van der Waals surface area (Å²) in [7, 11) is 0. The summed E-state index contributed by atoms with van der Waals surface area (Å²) in [6.45, 7) is 5.79. The van der Waals surface area contributed by atoms with Crippen LogP contribution in [-0.4, -0.2) is 69.5 Å². The number of benzene rings is 1. The molecule has 1 aliphatic heterocycles. The van der Waals surface area contributed by atoms with Crippen molar-refractivity contribution in [3.63, 3.8) is 0 Å². The largest absolute Gasteiger partial charge is 0.504 e. The molecule has 10 heteroatoms. The summed E-state index contributed by atoms with van der Waals surface area (Å²) >= 11 is 0. The Balaban J connectivity index is 1.74. The Labute approximate surface area is 202 Å². The van der Waals surface area contributed by atoms with Crippen molar-refractivity contribution in [2.24, 2.45) is 0 Å². The number of allylic oxidation sites excluding steroid dienone is 3. The summed E-state index contributed by atoms with van der Waals surface area (Å²) in [5.74, 6) is -0.781. The first-order valence-electron chi connectivity index (χ1n) is 11.3. The van der Waals surface area contributed by atoms with Crippen LogP contribution in [0.25, 0.3) is 11.0 Å². The lowest BCUT2D eigenvalue weighted by Gasteiger charge is -2.39. The molecule has 35 heavy (non-hydrogen) atoms. The second kappa shape index (κ2) is 11.7. The second-order valence-electron chi connectivity index (χ2n) is 8.72. The van der Waals surface area contributed by atoms with Gasteiger partial charge >= 0.3 is 5.63 Å². The van der Waals surface area contributed by atoms with E-state index in [2.05, 4.69) is 19.9 Å². The number of rotatable bonds is 9. The Morgan fingerprint density at radius 2 is 1.83 bits per heavy atom. The summed E-state index contributed by atoms with van der Waals surface area (Å²) in [6, 6.07) is 4.53. The van der Waals surface area contributed by atoms with Gasteiger partial charge in [-0.1, -0.05) is 17.2 Å². The standard InChI is InChI=1S/C25H32O10/c1-13(2)5-4-6-14(3)9-10-32-15-7-8-16-17(11-15)33-24(31)23(19(16)27)35-25-22(30)21(29)20(28)18(12-26)34-25/h5,7-9,11,18,20-22,25-30H,4,6,10,12H2,1-3H3/b14-9+/t18-,20-,21+,22+,25-/m1/s1. The van der Waals surface area contributed by atoms with Crippen molar-refractivity contribution in [2.75, 3.05) is 13.2 Å². The van der Waals surface area contributed by atoms with Crippen LogP contribution < -0.4 is 15.1 Å². The van der Waals surface area contributed by atoms with E-state index in [-0.39, 0.29) is 11.0 Å². The SMILES string of the molecule is CC(C)=CCC/C(C)=C/COc1ccc2c(O)c(O[C@H]3O[C@H](CO)[C@@H](O)[C@H](O)[C@@H]3O)c(=O)oc2c1. The van der Waals surface area contributed by atoms with Crippen LogP contribution in [0.15, 0.2) is 50.7 Å². The molecule has 0 radical (unpaired) electrons. The molecule has 0 aliphatic carbocycles. The van der Waals surface area contributed by atoms with Gasteiger partial charge in [0, 0.05) is 6.07 Å². The van der Waals surface area contributed by atoms with E-state index in [1.54, 1.807) is 6.07 Å². The van der Waals surface area contributed by atoms with Crippen LogP contribution in [0.3, 0.4) is 0 Å². The molecule has 192 valence electrons. The molecule has 1 aromatic heterocycles. The molecule has 0 amide bonds. The van der Waals surface area contributed by atoms with Crippen molar-refractivity contribution in [1.29, 1.82) is 0 Å². The third-order valence-corrected chi connectivity index (χ3v) is 5.67. The van der Waals surface area contributed by atoms with Crippen molar-refractivity contribution < 1.29 is 44.2 Å². The van der Waals surface area contributed by atoms with Crippen LogP contribution in [0.1, 0.15) is 33.6 Å². The Bertz CT molecular complexity index is 1130. The maximum absolute atomic E-state index is 12.5. The average Bonchev–Trinajstić information content (AvgIpc) is 2.81. The summed E-state index contributed by atoms with van der Waals surface area (Å²) < 4.78 is 21.5. The minimum absolute atomic E-state index is 0.0513. The zero-order valence-electron chi connectivity index (χ0n) is 19.9. The van der Waals surface area contributed by atoms with Crippen LogP contribution in [0.5, 0.6) is 17.2 Å². The smallest absolute Gasteiger partial charge is 0.383 e. The quantitative estimate of drug-likeness (QED) is 0.258. The van der Waals surface area contributed by atoms with Crippen molar-refractivity contribution in [2.45, 2.75) is 64.3 Å². The Morgan fingerprint density at radius 3 is 2.51 bits per heavy atom. The summed E-state index contributed by atoms with van der Waals surface area (Å²) in [5.41, 5.74) is 1.45. The number of hydrogen-bond acceptors (Lipinski definition) is 10. The first-order chi connectivity index (χ1) is 16.6. The van der Waals surface area contributed by atoms with E-state index in [1.807, 2.05) is 13.0 Å². The van der Waals surface area contributed by atoms with Gasteiger partial charge in [0.2, 0.25) is 6.29 Å². The fourth-order valence-corrected chi connectivity index (χ4v) is 3.59. The second-order valence-corrected chi connectivity index (χ2v) is 8.72. The van der Waals surface area contributed by atoms with Gasteiger partial charge in [0.15, 0.2) is 5.75 Å². The molecule has 5 N–H and O–H groups in total. The van der Waals surface area contributed by atoms with Gasteiger partial charge in [0.1, 0.15) is 42.4 Å². The lowest BCUT2D eigenvalue weighted by atomic mass is 9.99. The minimum Gasteiger partial charge on any atom is -0.504 e. The van der Waals surface area contributed by atoms with E-state index in [9.17, 15) is 30.3 Å². The fourth-order valence-electron chi connectivity index (χ4n) is 3.59. The Kier molecular flexibility index (Phi) is 8.92. The molecule has 2 aromatic rings. The first-order valence-corrected chi connectivity index (χ1v) is 11.3. The zero-order valence-corrected chi connectivity index (χ0v) is 19.9. The normalized spacial score (nSPS) is 24.9. The molecule has 1 aliphatic rings. The lowest BCUT2D eigenvalue weighted by Crippen LogP contribution is -2.60. The minimum atomic E-state index is -1.75. The van der Waals surface area contributed by atoms with Crippen molar-refractivity contribution in [1.82, 2.24) is 0 Å². The molecule has 0 bridgehead atoms. The van der Waals surface area contributed by atoms with E-state index in [4.69, 9.17) is 18.6 Å². The fraction of sp³-hybridized carbons (Fsp3) is 0.480. The number of aliphatic hydroxyl groups is 4. The van der Waals surface area contributed by atoms with Gasteiger partial charge < -0.3 is 44.2 Å². The zero-order chi connectivity index (χ0) is 25.7. The molecule has 1 saturated heterocycles. The van der Waals surface area contributed by atoms with E-state index in [0.29, 0.717) is 12.4 Å².